The van der Waals surface area contributed by atoms with E-state index in [4.69, 9.17) is 0 Å². The molecule has 0 bridgehead atoms. The summed E-state index contributed by atoms with van der Waals surface area (Å²) in [5, 5.41) is 0. The van der Waals surface area contributed by atoms with Gasteiger partial charge < -0.3 is 9.80 Å². The minimum atomic E-state index is -4.90. The predicted molar refractivity (Wildman–Crippen MR) is 108 cm³/mol. The third-order valence-electron chi connectivity index (χ3n) is 6.23. The maximum atomic E-state index is 13.2. The molecule has 2 aromatic rings. The van der Waals surface area contributed by atoms with Crippen LogP contribution in [0.15, 0.2) is 30.6 Å². The van der Waals surface area contributed by atoms with E-state index in [1.807, 2.05) is 4.90 Å². The lowest BCUT2D eigenvalue weighted by Crippen LogP contribution is -2.46. The third-order valence-corrected chi connectivity index (χ3v) is 6.23. The number of piperidine rings is 2. The molecule has 0 saturated carbocycles. The zero-order valence-electron chi connectivity index (χ0n) is 17.4. The molecule has 0 atom stereocenters. The molecule has 4 nitrogen and oxygen atoms in total. The summed E-state index contributed by atoms with van der Waals surface area (Å²) in [5.41, 5.74) is -2.92. The maximum absolute atomic E-state index is 13.2. The molecule has 32 heavy (non-hydrogen) atoms. The van der Waals surface area contributed by atoms with E-state index in [1.165, 1.54) is 31.7 Å². The van der Waals surface area contributed by atoms with Gasteiger partial charge in [0.05, 0.1) is 16.8 Å². The fraction of sp³-hybridized carbons (Fsp3) is 0.545. The number of halogens is 6. The maximum Gasteiger partial charge on any atom is 0.416 e. The minimum absolute atomic E-state index is 0.0322. The van der Waals surface area contributed by atoms with Crippen molar-refractivity contribution < 1.29 is 26.3 Å². The molecule has 0 amide bonds. The number of hydrogen-bond acceptors (Lipinski definition) is 4. The van der Waals surface area contributed by atoms with E-state index in [-0.39, 0.29) is 17.3 Å². The lowest BCUT2D eigenvalue weighted by molar-refractivity contribution is -0.143. The van der Waals surface area contributed by atoms with Crippen LogP contribution in [0.4, 0.5) is 32.2 Å². The molecule has 4 rings (SSSR count). The zero-order chi connectivity index (χ0) is 22.9. The van der Waals surface area contributed by atoms with Crippen molar-refractivity contribution in [3.8, 4) is 11.3 Å². The van der Waals surface area contributed by atoms with Gasteiger partial charge in [-0.05, 0) is 57.0 Å². The van der Waals surface area contributed by atoms with Crippen molar-refractivity contribution in [2.75, 3.05) is 31.1 Å². The van der Waals surface area contributed by atoms with E-state index in [9.17, 15) is 26.3 Å². The molecule has 1 aromatic carbocycles. The first-order valence-corrected chi connectivity index (χ1v) is 10.7. The highest BCUT2D eigenvalue weighted by molar-refractivity contribution is 5.65. The Morgan fingerprint density at radius 3 is 1.88 bits per heavy atom. The van der Waals surface area contributed by atoms with Crippen molar-refractivity contribution in [3.05, 3.63) is 41.7 Å². The van der Waals surface area contributed by atoms with Crippen LogP contribution in [0.2, 0.25) is 0 Å². The van der Waals surface area contributed by atoms with Gasteiger partial charge in [-0.1, -0.05) is 6.42 Å². The summed E-state index contributed by atoms with van der Waals surface area (Å²) in [6.45, 7) is 3.68. The molecule has 2 saturated heterocycles. The van der Waals surface area contributed by atoms with Gasteiger partial charge in [-0.2, -0.15) is 26.3 Å². The van der Waals surface area contributed by atoms with Crippen LogP contribution in [-0.2, 0) is 12.4 Å². The first-order chi connectivity index (χ1) is 15.1. The molecule has 3 heterocycles. The molecule has 0 N–H and O–H groups in total. The summed E-state index contributed by atoms with van der Waals surface area (Å²) in [6.07, 6.45) is -3.02. The Kier molecular flexibility index (Phi) is 6.33. The molecule has 174 valence electrons. The number of likely N-dealkylation sites (tertiary alicyclic amines) is 1. The van der Waals surface area contributed by atoms with Crippen LogP contribution in [0.1, 0.15) is 43.2 Å². The number of alkyl halides is 6. The van der Waals surface area contributed by atoms with Gasteiger partial charge >= 0.3 is 12.4 Å². The molecule has 10 heteroatoms. The number of nitrogens with zero attached hydrogens (tertiary/aromatic N) is 4. The van der Waals surface area contributed by atoms with Crippen LogP contribution in [0.25, 0.3) is 11.3 Å². The van der Waals surface area contributed by atoms with Crippen molar-refractivity contribution in [1.82, 2.24) is 14.9 Å². The molecule has 1 aromatic heterocycles. The molecule has 2 aliphatic heterocycles. The quantitative estimate of drug-likeness (QED) is 0.558. The second kappa shape index (κ2) is 8.88. The van der Waals surface area contributed by atoms with Gasteiger partial charge in [0.25, 0.3) is 0 Å². The van der Waals surface area contributed by atoms with Crippen molar-refractivity contribution in [3.63, 3.8) is 0 Å². The van der Waals surface area contributed by atoms with E-state index in [0.717, 1.165) is 39.0 Å². The Morgan fingerprint density at radius 2 is 1.31 bits per heavy atom. The predicted octanol–water partition coefficient (Wildman–Crippen LogP) is 5.64. The average molecular weight is 458 g/mol. The summed E-state index contributed by atoms with van der Waals surface area (Å²) in [7, 11) is 0. The Hall–Kier alpha value is -2.36. The fourth-order valence-corrected chi connectivity index (χ4v) is 4.52. The van der Waals surface area contributed by atoms with Crippen LogP contribution in [0.3, 0.4) is 0 Å². The summed E-state index contributed by atoms with van der Waals surface area (Å²) in [4.78, 5) is 12.7. The highest BCUT2D eigenvalue weighted by atomic mass is 19.4. The standard InChI is InChI=1S/C22H24F6N4/c23-21(24,25)16-10-15(11-17(12-16)22(26,27)28)19-13-20(30-14-29-19)32-8-4-18(5-9-32)31-6-2-1-3-7-31/h10-14,18H,1-9H2. The van der Waals surface area contributed by atoms with Gasteiger partial charge in [0.15, 0.2) is 0 Å². The van der Waals surface area contributed by atoms with Crippen LogP contribution in [-0.4, -0.2) is 47.1 Å². The Balaban J connectivity index is 1.56. The van der Waals surface area contributed by atoms with E-state index in [2.05, 4.69) is 14.9 Å². The van der Waals surface area contributed by atoms with Crippen LogP contribution in [0, 0.1) is 0 Å². The van der Waals surface area contributed by atoms with Gasteiger partial charge in [0, 0.05) is 30.8 Å². The molecule has 2 aliphatic rings. The molecular weight excluding hydrogens is 434 g/mol. The van der Waals surface area contributed by atoms with E-state index < -0.39 is 23.5 Å². The van der Waals surface area contributed by atoms with E-state index >= 15 is 0 Å². The zero-order valence-corrected chi connectivity index (χ0v) is 17.4. The summed E-state index contributed by atoms with van der Waals surface area (Å²) < 4.78 is 79.2. The van der Waals surface area contributed by atoms with Gasteiger partial charge in [0.1, 0.15) is 12.1 Å². The molecular formula is C22H24F6N4. The molecule has 2 fully saturated rings. The van der Waals surface area contributed by atoms with Crippen molar-refractivity contribution >= 4 is 5.82 Å². The normalized spacial score (nSPS) is 19.4. The Labute approximate surface area is 182 Å². The smallest absolute Gasteiger partial charge is 0.356 e. The monoisotopic (exact) mass is 458 g/mol. The van der Waals surface area contributed by atoms with Crippen molar-refractivity contribution in [2.45, 2.75) is 50.5 Å². The minimum Gasteiger partial charge on any atom is -0.356 e. The highest BCUT2D eigenvalue weighted by Gasteiger charge is 2.37. The number of rotatable bonds is 3. The molecule has 0 aliphatic carbocycles. The largest absolute Gasteiger partial charge is 0.416 e. The van der Waals surface area contributed by atoms with E-state index in [0.29, 0.717) is 24.0 Å². The summed E-state index contributed by atoms with van der Waals surface area (Å²) >= 11 is 0. The SMILES string of the molecule is FC(F)(F)c1cc(-c2cc(N3CCC(N4CCCCC4)CC3)ncn2)cc(C(F)(F)F)c1. The lowest BCUT2D eigenvalue weighted by Gasteiger charge is -2.40. The molecule has 0 spiro atoms. The number of aromatic nitrogens is 2. The summed E-state index contributed by atoms with van der Waals surface area (Å²) in [6, 6.07) is 3.49. The highest BCUT2D eigenvalue weighted by Crippen LogP contribution is 2.38. The first-order valence-electron chi connectivity index (χ1n) is 10.7. The second-order valence-corrected chi connectivity index (χ2v) is 8.37. The van der Waals surface area contributed by atoms with Crippen LogP contribution < -0.4 is 4.90 Å². The molecule has 0 unspecified atom stereocenters. The topological polar surface area (TPSA) is 32.3 Å². The van der Waals surface area contributed by atoms with Gasteiger partial charge in [-0.15, -0.1) is 0 Å². The fourth-order valence-electron chi connectivity index (χ4n) is 4.52. The lowest BCUT2D eigenvalue weighted by atomic mass is 9.99. The summed E-state index contributed by atoms with van der Waals surface area (Å²) in [5.74, 6) is 0.512. The Morgan fingerprint density at radius 1 is 0.719 bits per heavy atom. The Bertz CT molecular complexity index is 896. The first kappa shape index (κ1) is 22.8. The molecule has 0 radical (unpaired) electrons. The van der Waals surface area contributed by atoms with Gasteiger partial charge in [-0.25, -0.2) is 9.97 Å². The number of hydrogen-bond donors (Lipinski definition) is 0. The van der Waals surface area contributed by atoms with Crippen LogP contribution >= 0.6 is 0 Å². The van der Waals surface area contributed by atoms with Gasteiger partial charge in [-0.3, -0.25) is 0 Å². The number of benzene rings is 1. The van der Waals surface area contributed by atoms with Crippen LogP contribution in [0.5, 0.6) is 0 Å². The number of anilines is 1. The average Bonchev–Trinajstić information content (AvgIpc) is 2.78. The third kappa shape index (κ3) is 5.16. The van der Waals surface area contributed by atoms with Gasteiger partial charge in [0.2, 0.25) is 0 Å². The van der Waals surface area contributed by atoms with Crippen molar-refractivity contribution in [1.29, 1.82) is 0 Å². The van der Waals surface area contributed by atoms with E-state index in [1.54, 1.807) is 0 Å². The second-order valence-electron chi connectivity index (χ2n) is 8.37. The van der Waals surface area contributed by atoms with Crippen molar-refractivity contribution in [2.24, 2.45) is 0 Å².